The minimum Gasteiger partial charge on any atom is -0.743 e. The topological polar surface area (TPSA) is 341 Å². The van der Waals surface area contributed by atoms with Crippen molar-refractivity contribution in [3.05, 3.63) is 78.9 Å². The maximum Gasteiger partial charge on any atom is 0.449 e. The first kappa shape index (κ1) is 114. The van der Waals surface area contributed by atoms with Gasteiger partial charge in [-0.25, -0.2) is 8.42 Å². The van der Waals surface area contributed by atoms with Crippen molar-refractivity contribution < 1.29 is 153 Å². The Morgan fingerprint density at radius 3 is 1.33 bits per heavy atom. The van der Waals surface area contributed by atoms with Gasteiger partial charge in [0.2, 0.25) is 5.60 Å². The van der Waals surface area contributed by atoms with Gasteiger partial charge in [-0.2, -0.15) is 43.9 Å². The monoisotopic (exact) mass is 1980 g/mol. The van der Waals surface area contributed by atoms with Crippen LogP contribution in [0.3, 0.4) is 0 Å². The molecule has 9 aliphatic carbocycles. The molecule has 1 aromatic heterocycles. The van der Waals surface area contributed by atoms with Crippen molar-refractivity contribution in [3.8, 4) is 4.90 Å². The first-order valence-electron chi connectivity index (χ1n) is 47.3. The highest BCUT2D eigenvalue weighted by atomic mass is 32.2. The van der Waals surface area contributed by atoms with Gasteiger partial charge >= 0.3 is 71.1 Å². The average molecular weight is 1980 g/mol. The van der Waals surface area contributed by atoms with E-state index in [-0.39, 0.29) is 107 Å². The number of halogens is 10. The highest BCUT2D eigenvalue weighted by Crippen LogP contribution is 2.73. The molecule has 0 spiro atoms. The molecule has 136 heavy (non-hydrogen) atoms. The van der Waals surface area contributed by atoms with E-state index < -0.39 is 142 Å². The Bertz CT molecular complexity index is 4900. The van der Waals surface area contributed by atoms with Crippen LogP contribution in [-0.2, 0) is 86.3 Å². The van der Waals surface area contributed by atoms with E-state index in [2.05, 4.69) is 88.3 Å². The molecule has 8 bridgehead atoms. The van der Waals surface area contributed by atoms with E-state index in [1.807, 2.05) is 96.9 Å². The van der Waals surface area contributed by atoms with Crippen LogP contribution in [0.5, 0.6) is 0 Å². The maximum absolute atomic E-state index is 14.0. The van der Waals surface area contributed by atoms with E-state index >= 15 is 0 Å². The van der Waals surface area contributed by atoms with Gasteiger partial charge in [0.05, 0.1) is 68.9 Å². The fourth-order valence-electron chi connectivity index (χ4n) is 20.0. The Balaban J connectivity index is 0.000000203. The summed E-state index contributed by atoms with van der Waals surface area (Å²) in [6.45, 7) is 38.2. The third-order valence-electron chi connectivity index (χ3n) is 31.1. The Morgan fingerprint density at radius 2 is 0.934 bits per heavy atom. The summed E-state index contributed by atoms with van der Waals surface area (Å²) < 4.78 is 214. The lowest BCUT2D eigenvalue weighted by atomic mass is 9.37. The van der Waals surface area contributed by atoms with Gasteiger partial charge in [0.15, 0.2) is 36.1 Å². The molecule has 23 nitrogen and oxygen atoms in total. The highest BCUT2D eigenvalue weighted by molar-refractivity contribution is 7.86. The smallest absolute Gasteiger partial charge is 0.449 e. The van der Waals surface area contributed by atoms with Crippen molar-refractivity contribution >= 4 is 82.5 Å². The zero-order valence-corrected chi connectivity index (χ0v) is 85.0. The lowest BCUT2D eigenvalue weighted by molar-refractivity contribution is -0.409. The van der Waals surface area contributed by atoms with Crippen molar-refractivity contribution in [1.82, 2.24) is 0 Å². The van der Waals surface area contributed by atoms with Crippen LogP contribution in [-0.4, -0.2) is 182 Å². The van der Waals surface area contributed by atoms with Gasteiger partial charge < -0.3 is 67.6 Å². The molecule has 4 aromatic rings. The van der Waals surface area contributed by atoms with Crippen LogP contribution in [0.25, 0.3) is 25.1 Å². The Morgan fingerprint density at radius 1 is 0.529 bits per heavy atom. The number of ether oxygens (including phenoxy) is 9. The summed E-state index contributed by atoms with van der Waals surface area (Å²) in [7, 11) is -5.92. The molecule has 15 rings (SSSR count). The first-order valence-corrected chi connectivity index (χ1v) is 49.9. The van der Waals surface area contributed by atoms with E-state index in [9.17, 15) is 111 Å². The molecule has 3 heterocycles. The molecule has 0 radical (unpaired) electrons. The molecule has 9 atom stereocenters. The van der Waals surface area contributed by atoms with Crippen molar-refractivity contribution in [2.45, 2.75) is 394 Å². The predicted octanol–water partition coefficient (Wildman–Crippen LogP) is 21.9. The van der Waals surface area contributed by atoms with Gasteiger partial charge in [0.1, 0.15) is 30.0 Å². The zero-order valence-electron chi connectivity index (χ0n) is 83.4. The van der Waals surface area contributed by atoms with Crippen LogP contribution in [0, 0.1) is 67.0 Å². The van der Waals surface area contributed by atoms with Crippen LogP contribution >= 0.6 is 10.5 Å². The number of hydrogen-bond donors (Lipinski definition) is 4. The highest BCUT2D eigenvalue weighted by Gasteiger charge is 2.83. The molecule has 2 aliphatic heterocycles. The Labute approximate surface area is 796 Å². The lowest BCUT2D eigenvalue weighted by Gasteiger charge is -2.70. The normalized spacial score (nSPS) is 28.9. The summed E-state index contributed by atoms with van der Waals surface area (Å²) in [5, 5.41) is 39.0. The summed E-state index contributed by atoms with van der Waals surface area (Å²) in [6, 6.07) is 28.4. The van der Waals surface area contributed by atoms with Crippen molar-refractivity contribution in [2.75, 3.05) is 19.8 Å². The second kappa shape index (κ2) is 40.5. The van der Waals surface area contributed by atoms with Gasteiger partial charge in [0.25, 0.3) is 0 Å². The van der Waals surface area contributed by atoms with Gasteiger partial charge in [-0.1, -0.05) is 77.1 Å². The standard InChI is InChI=1S/C22H38O4.C20H30F2O7S.C19H33F3O4.C18H13S.C12H17F5O4.C10H16O4/c1-8-17(2,3)16(23)26-22-11-15-9-20(13-22,18(4,5)24)12-21(10-15,14-22)19(6,7)25;1-5-17(3,4)15(23)29-19-9-13-6-14(10-19)8-18(7-13,11-19)16(24)28-12(2)20(21,22)30(25,26)27;1-7-16(2,3)15(23)26-14-10-8-13(9-11-14)17(4,5)25-12-18(6,24)19(20,21)22;1-2-8-14(9-3-1)19-17-12-6-4-10-15(17)16-11-5-7-13-18(16)19;1-5-8(2,3)7(18)21-9(4)6-20-11(19,10(9,13)14)12(15,16)17;1-4-10(2,3)9(12)14-7-5-8(11)13-6-7/h15,24-25H,8-14H2,1-7H3;12-14H,5-11H2,1-4H3,(H,25,26,27);13-14,24H,7-12H2,1-6H3;1-13H;19H,5-6H2,1-4H3;7H,4-6H2,1-3H3/q;;;+1;;/p-1. The van der Waals surface area contributed by atoms with Crippen molar-refractivity contribution in [3.63, 3.8) is 0 Å². The van der Waals surface area contributed by atoms with E-state index in [0.717, 1.165) is 45.4 Å². The molecule has 9 unspecified atom stereocenters. The number of thiophene rings is 1. The van der Waals surface area contributed by atoms with Crippen LogP contribution in [0.15, 0.2) is 78.9 Å². The van der Waals surface area contributed by atoms with Gasteiger partial charge in [-0.15, -0.1) is 0 Å². The van der Waals surface area contributed by atoms with E-state index in [4.69, 9.17) is 33.2 Å². The minimum absolute atomic E-state index is 0.0423. The average Bonchev–Trinajstić information content (AvgIpc) is 0.916. The van der Waals surface area contributed by atoms with Gasteiger partial charge in [0, 0.05) is 38.5 Å². The quantitative estimate of drug-likeness (QED) is 0.0149. The molecular formula is C101H146F10O23S2. The van der Waals surface area contributed by atoms with Gasteiger partial charge in [-0.05, 0) is 320 Å². The fourth-order valence-corrected chi connectivity index (χ4v) is 22.9. The molecule has 4 N–H and O–H groups in total. The predicted molar refractivity (Wildman–Crippen MR) is 490 cm³/mol. The molecule has 0 amide bonds. The van der Waals surface area contributed by atoms with E-state index in [1.54, 1.807) is 34.6 Å². The van der Waals surface area contributed by atoms with E-state index in [0.29, 0.717) is 103 Å². The summed E-state index contributed by atoms with van der Waals surface area (Å²) in [6.07, 6.45) is 0.587. The summed E-state index contributed by atoms with van der Waals surface area (Å²) in [5.41, 5.74) is -14.8. The molecule has 3 aromatic carbocycles. The zero-order chi connectivity index (χ0) is 103. The first-order chi connectivity index (χ1) is 61.8. The molecule has 35 heteroatoms. The SMILES string of the molecule is CCC(C)(C)C(=O)OC1(C)COC(O)(C(F)(F)F)C1(F)F.CCC(C)(C)C(=O)OC12CC3CC(C(C)(C)O)(C1)CC(C(C)(C)O)(C3)C2.CCC(C)(C)C(=O)OC12CC3CC(C1)CC(C(=O)OC(C)C(F)(F)S(=O)(=O)[O-])(C3)C2.CCC(C)(C)C(=O)OC1CCC(C(C)(C)OCC(C)(O)C(F)(F)F)CC1.CCC(C)(C)C(=O)OC1COC(=O)C1.c1ccc(-[s+]2c3ccccc3c3ccccc32)cc1. The molecular weight excluding hydrogens is 1840 g/mol. The summed E-state index contributed by atoms with van der Waals surface area (Å²) in [5.74, 6) is -12.2. The third kappa shape index (κ3) is 24.4. The number of rotatable bonds is 26. The number of alkyl halides is 10. The number of esters is 7. The number of aliphatic hydroxyl groups is 4. The second-order valence-electron chi connectivity index (χ2n) is 45.0. The van der Waals surface area contributed by atoms with Crippen molar-refractivity contribution in [2.24, 2.45) is 67.0 Å². The number of carbonyl (C=O) groups excluding carboxylic acids is 7. The van der Waals surface area contributed by atoms with Crippen LogP contribution < -0.4 is 0 Å². The minimum atomic E-state index is -5.98. The Hall–Kier alpha value is -6.86. The largest absolute Gasteiger partial charge is 0.743 e. The third-order valence-corrected chi connectivity index (χ3v) is 34.5. The molecule has 2 saturated heterocycles. The van der Waals surface area contributed by atoms with Crippen LogP contribution in [0.1, 0.15) is 307 Å². The van der Waals surface area contributed by atoms with Crippen molar-refractivity contribution in [1.29, 1.82) is 0 Å². The molecule has 11 fully saturated rings. The molecule has 9 saturated carbocycles. The van der Waals surface area contributed by atoms with Crippen LogP contribution in [0.4, 0.5) is 43.9 Å². The maximum atomic E-state index is 14.0. The Kier molecular flexibility index (Phi) is 34.1. The van der Waals surface area contributed by atoms with Crippen LogP contribution in [0.2, 0.25) is 0 Å². The number of carbonyl (C=O) groups is 7. The second-order valence-corrected chi connectivity index (χ2v) is 48.4. The number of hydrogen-bond acceptors (Lipinski definition) is 23. The summed E-state index contributed by atoms with van der Waals surface area (Å²) in [4.78, 5) is 86.4. The molecule has 770 valence electrons. The van der Waals surface area contributed by atoms with Gasteiger partial charge in [-0.3, -0.25) is 33.6 Å². The molecule has 11 aliphatic rings. The van der Waals surface area contributed by atoms with E-state index in [1.165, 1.54) is 38.9 Å². The number of cyclic esters (lactones) is 1. The number of fused-ring (bicyclic) bond motifs is 3. The number of benzene rings is 3. The summed E-state index contributed by atoms with van der Waals surface area (Å²) >= 11 is 0. The fraction of sp³-hybridized carbons (Fsp3) is 0.752. The lowest BCUT2D eigenvalue weighted by Crippen LogP contribution is -2.70.